The van der Waals surface area contributed by atoms with Crippen LogP contribution in [0.1, 0.15) is 36.0 Å². The van der Waals surface area contributed by atoms with Crippen LogP contribution in [0.3, 0.4) is 0 Å². The number of fused-ring (bicyclic) bond motifs is 4. The minimum atomic E-state index is -2.42. The molecule has 2 aromatic heterocycles. The lowest BCUT2D eigenvalue weighted by molar-refractivity contribution is 0.485. The smallest absolute Gasteiger partial charge is 0.137 e. The van der Waals surface area contributed by atoms with Crippen molar-refractivity contribution in [1.29, 1.82) is 0 Å². The minimum Gasteiger partial charge on any atom is -0.457 e. The molecule has 0 unspecified atom stereocenters. The molecule has 11 aromatic carbocycles. The van der Waals surface area contributed by atoms with E-state index < -0.39 is 6.85 Å². The average Bonchev–Trinajstić information content (AvgIpc) is 1.71. The molecule has 0 saturated heterocycles. The third kappa shape index (κ3) is 9.26. The Morgan fingerprint density at radius 3 is 1.62 bits per heavy atom. The summed E-state index contributed by atoms with van der Waals surface area (Å²) >= 11 is 0. The molecule has 1 aliphatic rings. The number of para-hydroxylation sites is 3. The van der Waals surface area contributed by atoms with Crippen LogP contribution in [-0.4, -0.2) is 16.2 Å². The number of aromatic nitrogens is 2. The summed E-state index contributed by atoms with van der Waals surface area (Å²) in [5.74, 6) is 1.79. The maximum atomic E-state index is 8.81. The molecule has 0 aliphatic carbocycles. The standard InChI is InChI=1S/C77H60N4O/c1-52-44-75(78-50-69(52)56-28-15-8-16-29-56)81-70-43-40-59(54-24-11-6-12-25-54)46-67(70)68-48-66(55-26-13-7-14-27-55)74(49-73(68)81)82-63-33-20-32-62(47-63)79-51-80(72-37-18-17-36-71(72)79)76-64(57-38-41-61(42-39-57)77(2,3)4)34-21-35-65(76)60-31-19-30-58(45-60)53-22-9-5-10-23-53/h5-50H,51H2,1-4H3/i1D3. The highest BCUT2D eigenvalue weighted by Gasteiger charge is 2.32. The molecule has 0 spiro atoms. The molecule has 82 heavy (non-hydrogen) atoms. The number of anilines is 4. The second kappa shape index (κ2) is 20.8. The lowest BCUT2D eigenvalue weighted by Gasteiger charge is -2.28. The van der Waals surface area contributed by atoms with Crippen LogP contribution in [-0.2, 0) is 5.41 Å². The van der Waals surface area contributed by atoms with Gasteiger partial charge < -0.3 is 14.5 Å². The Kier molecular flexibility index (Phi) is 11.8. The molecule has 5 heteroatoms. The van der Waals surface area contributed by atoms with Crippen molar-refractivity contribution in [3.63, 3.8) is 0 Å². The molecular weight excluding hydrogens is 997 g/mol. The molecule has 0 N–H and O–H groups in total. The van der Waals surface area contributed by atoms with Gasteiger partial charge in [0.25, 0.3) is 0 Å². The van der Waals surface area contributed by atoms with Crippen LogP contribution in [0.4, 0.5) is 22.7 Å². The highest BCUT2D eigenvalue weighted by molar-refractivity contribution is 6.12. The van der Waals surface area contributed by atoms with Gasteiger partial charge in [0.1, 0.15) is 24.0 Å². The van der Waals surface area contributed by atoms with Gasteiger partial charge in [-0.1, -0.05) is 227 Å². The summed E-state index contributed by atoms with van der Waals surface area (Å²) in [5.41, 5.74) is 19.8. The molecule has 0 radical (unpaired) electrons. The Hall–Kier alpha value is -10.2. The van der Waals surface area contributed by atoms with Crippen LogP contribution in [0, 0.1) is 6.85 Å². The van der Waals surface area contributed by atoms with Gasteiger partial charge in [0.2, 0.25) is 0 Å². The van der Waals surface area contributed by atoms with E-state index in [4.69, 9.17) is 13.8 Å². The molecule has 0 bridgehead atoms. The van der Waals surface area contributed by atoms with E-state index in [1.807, 2.05) is 48.5 Å². The summed E-state index contributed by atoms with van der Waals surface area (Å²) in [6.45, 7) is 4.89. The maximum absolute atomic E-state index is 8.81. The molecule has 5 nitrogen and oxygen atoms in total. The van der Waals surface area contributed by atoms with E-state index in [-0.39, 0.29) is 11.0 Å². The summed E-state index contributed by atoms with van der Waals surface area (Å²) < 4.78 is 35.8. The van der Waals surface area contributed by atoms with Crippen molar-refractivity contribution in [2.24, 2.45) is 0 Å². The maximum Gasteiger partial charge on any atom is 0.137 e. The van der Waals surface area contributed by atoms with E-state index in [0.29, 0.717) is 29.5 Å². The Bertz CT molecular complexity index is 4610. The number of ether oxygens (including phenoxy) is 1. The zero-order chi connectivity index (χ0) is 57.8. The van der Waals surface area contributed by atoms with Crippen molar-refractivity contribution >= 4 is 44.6 Å². The topological polar surface area (TPSA) is 33.5 Å². The molecule has 1 aliphatic heterocycles. The van der Waals surface area contributed by atoms with Crippen LogP contribution >= 0.6 is 0 Å². The van der Waals surface area contributed by atoms with Crippen LogP contribution in [0.25, 0.3) is 94.4 Å². The summed E-state index contributed by atoms with van der Waals surface area (Å²) in [6.07, 6.45) is 1.70. The van der Waals surface area contributed by atoms with Crippen LogP contribution in [0.2, 0.25) is 0 Å². The summed E-state index contributed by atoms with van der Waals surface area (Å²) in [4.78, 5) is 9.94. The summed E-state index contributed by atoms with van der Waals surface area (Å²) in [5, 5.41) is 1.97. The third-order valence-electron chi connectivity index (χ3n) is 16.0. The molecule has 13 aromatic rings. The largest absolute Gasteiger partial charge is 0.457 e. The van der Waals surface area contributed by atoms with Crippen LogP contribution in [0.15, 0.2) is 279 Å². The van der Waals surface area contributed by atoms with E-state index in [0.717, 1.165) is 100 Å². The lowest BCUT2D eigenvalue weighted by atomic mass is 9.85. The predicted molar refractivity (Wildman–Crippen MR) is 343 cm³/mol. The Morgan fingerprint density at radius 2 is 0.951 bits per heavy atom. The molecule has 0 fully saturated rings. The van der Waals surface area contributed by atoms with Gasteiger partial charge in [-0.2, -0.15) is 0 Å². The Morgan fingerprint density at radius 1 is 0.415 bits per heavy atom. The predicted octanol–water partition coefficient (Wildman–Crippen LogP) is 20.8. The summed E-state index contributed by atoms with van der Waals surface area (Å²) in [6, 6.07) is 95.3. The quantitative estimate of drug-likeness (QED) is 0.129. The number of aryl methyl sites for hydroxylation is 1. The van der Waals surface area contributed by atoms with Crippen molar-refractivity contribution in [3.8, 4) is 84.1 Å². The van der Waals surface area contributed by atoms with E-state index in [1.54, 1.807) is 12.3 Å². The fourth-order valence-electron chi connectivity index (χ4n) is 11.9. The number of rotatable bonds is 11. The van der Waals surface area contributed by atoms with Gasteiger partial charge in [0, 0.05) is 61.2 Å². The Labute approximate surface area is 484 Å². The zero-order valence-corrected chi connectivity index (χ0v) is 46.0. The fraction of sp³-hybridized carbons (Fsp3) is 0.0779. The van der Waals surface area contributed by atoms with Gasteiger partial charge in [0.15, 0.2) is 0 Å². The van der Waals surface area contributed by atoms with E-state index in [9.17, 15) is 0 Å². The van der Waals surface area contributed by atoms with Gasteiger partial charge in [-0.3, -0.25) is 4.57 Å². The molecule has 394 valence electrons. The second-order valence-electron chi connectivity index (χ2n) is 22.2. The van der Waals surface area contributed by atoms with Crippen LogP contribution in [0.5, 0.6) is 11.5 Å². The number of nitrogens with zero attached hydrogens (tertiary/aromatic N) is 4. The molecular formula is C77H60N4O. The van der Waals surface area contributed by atoms with Crippen molar-refractivity contribution in [2.45, 2.75) is 33.0 Å². The highest BCUT2D eigenvalue weighted by atomic mass is 16.5. The van der Waals surface area contributed by atoms with Crippen molar-refractivity contribution in [1.82, 2.24) is 9.55 Å². The average molecular weight is 1060 g/mol. The number of hydrogen-bond acceptors (Lipinski definition) is 4. The third-order valence-corrected chi connectivity index (χ3v) is 16.0. The second-order valence-corrected chi connectivity index (χ2v) is 22.2. The first kappa shape index (κ1) is 46.7. The van der Waals surface area contributed by atoms with Gasteiger partial charge in [0.05, 0.1) is 28.1 Å². The first-order chi connectivity index (χ1) is 41.4. The van der Waals surface area contributed by atoms with E-state index in [2.05, 4.69) is 254 Å². The molecule has 3 heterocycles. The summed E-state index contributed by atoms with van der Waals surface area (Å²) in [7, 11) is 0. The Balaban J connectivity index is 0.903. The first-order valence-corrected chi connectivity index (χ1v) is 28.0. The van der Waals surface area contributed by atoms with Crippen molar-refractivity contribution in [3.05, 3.63) is 290 Å². The van der Waals surface area contributed by atoms with Gasteiger partial charge in [-0.05, 0) is 122 Å². The first-order valence-electron chi connectivity index (χ1n) is 29.5. The molecule has 0 saturated carbocycles. The minimum absolute atomic E-state index is 0.0114. The number of hydrogen-bond donors (Lipinski definition) is 0. The van der Waals surface area contributed by atoms with Gasteiger partial charge in [-0.25, -0.2) is 4.98 Å². The van der Waals surface area contributed by atoms with Crippen molar-refractivity contribution < 1.29 is 8.85 Å². The molecule has 0 amide bonds. The molecule has 14 rings (SSSR count). The normalized spacial score (nSPS) is 13.0. The van der Waals surface area contributed by atoms with E-state index >= 15 is 0 Å². The van der Waals surface area contributed by atoms with Gasteiger partial charge >= 0.3 is 0 Å². The monoisotopic (exact) mass is 1060 g/mol. The number of benzene rings is 11. The number of pyridine rings is 1. The highest BCUT2D eigenvalue weighted by Crippen LogP contribution is 2.51. The lowest BCUT2D eigenvalue weighted by Crippen LogP contribution is -2.25. The van der Waals surface area contributed by atoms with E-state index in [1.165, 1.54) is 11.1 Å². The fourth-order valence-corrected chi connectivity index (χ4v) is 11.9. The zero-order valence-electron chi connectivity index (χ0n) is 49.0. The molecule has 0 atom stereocenters. The van der Waals surface area contributed by atoms with Gasteiger partial charge in [-0.15, -0.1) is 0 Å². The van der Waals surface area contributed by atoms with Crippen molar-refractivity contribution in [2.75, 3.05) is 16.5 Å². The van der Waals surface area contributed by atoms with Crippen LogP contribution < -0.4 is 14.5 Å². The SMILES string of the molecule is [2H]C([2H])([2H])c1cc(-n2c3ccc(-c4ccccc4)cc3c3cc(-c4ccccc4)c(Oc4cccc(N5CN(c6c(-c7ccc(C(C)(C)C)cc7)cccc6-c6cccc(-c7ccccc7)c6)c6ccccc65)c4)cc32)ncc1-c1ccccc1.